The first-order valence-electron chi connectivity index (χ1n) is 12.7. The lowest BCUT2D eigenvalue weighted by atomic mass is 10.2. The van der Waals surface area contributed by atoms with E-state index in [0.29, 0.717) is 22.4 Å². The Hall–Kier alpha value is -3.05. The van der Waals surface area contributed by atoms with Crippen LogP contribution >= 0.6 is 22.7 Å². The molecule has 6 rings (SSSR count). The van der Waals surface area contributed by atoms with Gasteiger partial charge in [-0.15, -0.1) is 22.7 Å². The molecule has 4 heterocycles. The molecule has 1 fully saturated rings. The summed E-state index contributed by atoms with van der Waals surface area (Å²) < 4.78 is 29.2. The smallest absolute Gasteiger partial charge is 0.273 e. The zero-order chi connectivity index (χ0) is 26.1. The molecular weight excluding hydrogens is 547 g/mol. The normalized spacial score (nSPS) is 13.6. The molecule has 0 atom stereocenters. The van der Waals surface area contributed by atoms with Gasteiger partial charge in [-0.25, -0.2) is 13.4 Å². The Kier molecular flexibility index (Phi) is 8.18. The van der Waals surface area contributed by atoms with Gasteiger partial charge in [0.25, 0.3) is 10.0 Å². The highest BCUT2D eigenvalue weighted by molar-refractivity contribution is 7.94. The van der Waals surface area contributed by atoms with Crippen molar-refractivity contribution < 1.29 is 8.42 Å². The van der Waals surface area contributed by atoms with Crippen LogP contribution in [-0.4, -0.2) is 48.4 Å². The number of likely N-dealkylation sites (N-methyl/N-ethyl adjacent to an activating group) is 1. The number of nitrogens with one attached hydrogen (secondary N) is 1. The number of sulfonamides is 1. The lowest BCUT2D eigenvalue weighted by Crippen LogP contribution is -2.32. The number of thiophene rings is 1. The van der Waals surface area contributed by atoms with Crippen LogP contribution in [0.4, 0.5) is 5.69 Å². The standard InChI is InChI=1S/C28H29N5O2S3.CH4/c1-32(14-12-22-7-2-3-13-29-22)19-23-17-30-28(37-23)24-16-21-6-4-8-25(27(21)31-24)33(18-20-10-11-20)38(34,35)26-9-5-15-36-26;/h2-9,13,15-17,20,31H,10-12,14,18-19H2,1H3;1H4. The molecule has 1 aromatic carbocycles. The molecule has 1 aliphatic rings. The largest absolute Gasteiger partial charge is 0.351 e. The van der Waals surface area contributed by atoms with Crippen LogP contribution in [0.15, 0.2) is 76.6 Å². The number of hydrogen-bond acceptors (Lipinski definition) is 7. The molecule has 204 valence electrons. The van der Waals surface area contributed by atoms with Crippen LogP contribution in [-0.2, 0) is 23.0 Å². The van der Waals surface area contributed by atoms with E-state index in [1.165, 1.54) is 16.2 Å². The molecule has 4 aromatic heterocycles. The van der Waals surface area contributed by atoms with E-state index in [1.807, 2.05) is 48.1 Å². The number of pyridine rings is 1. The molecule has 0 saturated heterocycles. The van der Waals surface area contributed by atoms with Crippen molar-refractivity contribution in [3.05, 3.63) is 82.9 Å². The Morgan fingerprint density at radius 2 is 1.95 bits per heavy atom. The molecule has 1 aliphatic carbocycles. The average Bonchev–Trinajstić information content (AvgIpc) is 3.32. The first kappa shape index (κ1) is 27.5. The Morgan fingerprint density at radius 1 is 1.08 bits per heavy atom. The number of hydrogen-bond donors (Lipinski definition) is 1. The number of thiazole rings is 1. The van der Waals surface area contributed by atoms with E-state index in [2.05, 4.69) is 34.0 Å². The first-order chi connectivity index (χ1) is 18.5. The van der Waals surface area contributed by atoms with Gasteiger partial charge in [0.2, 0.25) is 0 Å². The molecule has 1 saturated carbocycles. The van der Waals surface area contributed by atoms with Gasteiger partial charge in [0.05, 0.1) is 16.9 Å². The van der Waals surface area contributed by atoms with E-state index in [1.54, 1.807) is 27.8 Å². The second-order valence-corrected chi connectivity index (χ2v) is 13.9. The minimum Gasteiger partial charge on any atom is -0.351 e. The van der Waals surface area contributed by atoms with Gasteiger partial charge in [-0.05, 0) is 61.5 Å². The molecule has 0 unspecified atom stereocenters. The topological polar surface area (TPSA) is 82.2 Å². The van der Waals surface area contributed by atoms with Crippen LogP contribution in [0.5, 0.6) is 0 Å². The number of fused-ring (bicyclic) bond motifs is 1. The van der Waals surface area contributed by atoms with E-state index >= 15 is 0 Å². The third kappa shape index (κ3) is 6.09. The summed E-state index contributed by atoms with van der Waals surface area (Å²) in [5, 5.41) is 3.69. The highest BCUT2D eigenvalue weighted by Crippen LogP contribution is 2.39. The van der Waals surface area contributed by atoms with Crippen molar-refractivity contribution in [3.8, 4) is 10.7 Å². The van der Waals surface area contributed by atoms with Gasteiger partial charge in [-0.3, -0.25) is 9.29 Å². The number of aromatic nitrogens is 3. The first-order valence-corrected chi connectivity index (χ1v) is 15.8. The van der Waals surface area contributed by atoms with Crippen molar-refractivity contribution in [2.45, 2.75) is 37.4 Å². The minimum absolute atomic E-state index is 0. The molecule has 0 amide bonds. The third-order valence-electron chi connectivity index (χ3n) is 6.75. The summed E-state index contributed by atoms with van der Waals surface area (Å²) in [6, 6.07) is 17.4. The molecule has 0 aliphatic heterocycles. The highest BCUT2D eigenvalue weighted by atomic mass is 32.2. The number of anilines is 1. The van der Waals surface area contributed by atoms with Crippen molar-refractivity contribution in [1.82, 2.24) is 19.9 Å². The fourth-order valence-corrected chi connectivity index (χ4v) is 8.17. The molecular formula is C29H33N5O2S3. The van der Waals surface area contributed by atoms with E-state index in [4.69, 9.17) is 4.98 Å². The van der Waals surface area contributed by atoms with E-state index in [9.17, 15) is 8.42 Å². The second kappa shape index (κ2) is 11.6. The third-order valence-corrected chi connectivity index (χ3v) is 10.9. The fraction of sp³-hybridized carbons (Fsp3) is 0.310. The molecule has 0 radical (unpaired) electrons. The molecule has 1 N–H and O–H groups in total. The van der Waals surface area contributed by atoms with Crippen molar-refractivity contribution >= 4 is 49.3 Å². The lowest BCUT2D eigenvalue weighted by Gasteiger charge is -2.24. The van der Waals surface area contributed by atoms with Crippen molar-refractivity contribution in [3.63, 3.8) is 0 Å². The van der Waals surface area contributed by atoms with Crippen LogP contribution in [0.3, 0.4) is 0 Å². The maximum absolute atomic E-state index is 13.6. The lowest BCUT2D eigenvalue weighted by molar-refractivity contribution is 0.332. The van der Waals surface area contributed by atoms with E-state index < -0.39 is 10.0 Å². The number of nitrogens with zero attached hydrogens (tertiary/aromatic N) is 4. The van der Waals surface area contributed by atoms with Gasteiger partial charge in [0.15, 0.2) is 0 Å². The summed E-state index contributed by atoms with van der Waals surface area (Å²) in [5.41, 5.74) is 3.52. The van der Waals surface area contributed by atoms with Gasteiger partial charge in [0, 0.05) is 54.4 Å². The maximum atomic E-state index is 13.6. The molecule has 7 nitrogen and oxygen atoms in total. The number of benzene rings is 1. The molecule has 0 bridgehead atoms. The Balaban J connectivity index is 0.00000308. The van der Waals surface area contributed by atoms with Gasteiger partial charge in [0.1, 0.15) is 9.22 Å². The summed E-state index contributed by atoms with van der Waals surface area (Å²) in [5.74, 6) is 0.408. The van der Waals surface area contributed by atoms with E-state index in [0.717, 1.165) is 59.7 Å². The van der Waals surface area contributed by atoms with E-state index in [-0.39, 0.29) is 7.43 Å². The summed E-state index contributed by atoms with van der Waals surface area (Å²) in [6.45, 7) is 2.22. The quantitative estimate of drug-likeness (QED) is 0.189. The summed E-state index contributed by atoms with van der Waals surface area (Å²) in [6.07, 6.45) is 6.81. The monoisotopic (exact) mass is 579 g/mol. The summed E-state index contributed by atoms with van der Waals surface area (Å²) in [7, 11) is -1.53. The molecule has 5 aromatic rings. The number of rotatable bonds is 11. The average molecular weight is 580 g/mol. The van der Waals surface area contributed by atoms with Crippen LogP contribution in [0.1, 0.15) is 30.8 Å². The van der Waals surface area contributed by atoms with Gasteiger partial charge in [-0.2, -0.15) is 0 Å². The summed E-state index contributed by atoms with van der Waals surface area (Å²) in [4.78, 5) is 16.1. The zero-order valence-electron chi connectivity index (χ0n) is 21.1. The van der Waals surface area contributed by atoms with Crippen LogP contribution in [0, 0.1) is 5.92 Å². The number of aromatic amines is 1. The van der Waals surface area contributed by atoms with Crippen molar-refractivity contribution in [2.75, 3.05) is 24.4 Å². The minimum atomic E-state index is -3.64. The van der Waals surface area contributed by atoms with Gasteiger partial charge >= 0.3 is 0 Å². The molecule has 0 spiro atoms. The zero-order valence-corrected chi connectivity index (χ0v) is 23.5. The Bertz CT molecular complexity index is 1620. The Labute approximate surface area is 238 Å². The van der Waals surface area contributed by atoms with Crippen LogP contribution in [0.25, 0.3) is 21.6 Å². The van der Waals surface area contributed by atoms with Gasteiger partial charge in [-0.1, -0.05) is 31.7 Å². The molecule has 39 heavy (non-hydrogen) atoms. The van der Waals surface area contributed by atoms with Crippen LogP contribution in [0.2, 0.25) is 0 Å². The second-order valence-electron chi connectivity index (χ2n) is 9.78. The highest BCUT2D eigenvalue weighted by Gasteiger charge is 2.33. The molecule has 10 heteroatoms. The van der Waals surface area contributed by atoms with Crippen LogP contribution < -0.4 is 4.31 Å². The van der Waals surface area contributed by atoms with Gasteiger partial charge < -0.3 is 9.88 Å². The van der Waals surface area contributed by atoms with Crippen molar-refractivity contribution in [2.24, 2.45) is 5.92 Å². The number of H-pyrrole nitrogens is 1. The maximum Gasteiger partial charge on any atom is 0.273 e. The number of para-hydroxylation sites is 1. The predicted molar refractivity (Wildman–Crippen MR) is 162 cm³/mol. The fourth-order valence-electron chi connectivity index (χ4n) is 4.54. The SMILES string of the molecule is C.CN(CCc1ccccn1)Cc1cnc(-c2cc3cccc(N(CC4CC4)S(=O)(=O)c4cccs4)c3[nH]2)s1. The Morgan fingerprint density at radius 3 is 2.69 bits per heavy atom. The van der Waals surface area contributed by atoms with Crippen molar-refractivity contribution in [1.29, 1.82) is 0 Å². The summed E-state index contributed by atoms with van der Waals surface area (Å²) >= 11 is 2.92. The predicted octanol–water partition coefficient (Wildman–Crippen LogP) is 6.66.